The van der Waals surface area contributed by atoms with Crippen molar-refractivity contribution in [2.24, 2.45) is 0 Å². The molecule has 1 unspecified atom stereocenters. The van der Waals surface area contributed by atoms with E-state index in [4.69, 9.17) is 0 Å². The largest absolute Gasteiger partial charge is 0.417 e. The van der Waals surface area contributed by atoms with Gasteiger partial charge in [-0.25, -0.2) is 13.8 Å². The highest BCUT2D eigenvalue weighted by Gasteiger charge is 2.34. The van der Waals surface area contributed by atoms with Gasteiger partial charge in [0.2, 0.25) is 5.16 Å². The van der Waals surface area contributed by atoms with Crippen molar-refractivity contribution in [1.29, 1.82) is 0 Å². The van der Waals surface area contributed by atoms with Crippen molar-refractivity contribution in [2.75, 3.05) is 6.26 Å². The maximum atomic E-state index is 14.0. The van der Waals surface area contributed by atoms with Crippen molar-refractivity contribution >= 4 is 21.7 Å². The summed E-state index contributed by atoms with van der Waals surface area (Å²) < 4.78 is 80.4. The molecule has 0 N–H and O–H groups in total. The van der Waals surface area contributed by atoms with Crippen molar-refractivity contribution in [3.63, 3.8) is 0 Å². The van der Waals surface area contributed by atoms with E-state index in [1.807, 2.05) is 0 Å². The highest BCUT2D eigenvalue weighted by molar-refractivity contribution is 7.84. The quantitative estimate of drug-likeness (QED) is 0.498. The van der Waals surface area contributed by atoms with Crippen LogP contribution in [0.2, 0.25) is 0 Å². The molecule has 0 fully saturated rings. The minimum absolute atomic E-state index is 0.301. The van der Waals surface area contributed by atoms with Crippen LogP contribution in [0.25, 0.3) is 10.9 Å². The molecule has 0 amide bonds. The Kier molecular flexibility index (Phi) is 4.85. The molecule has 0 spiro atoms. The van der Waals surface area contributed by atoms with Crippen molar-refractivity contribution in [2.45, 2.75) is 17.9 Å². The Balaban J connectivity index is 2.37. The van der Waals surface area contributed by atoms with Crippen LogP contribution in [0.5, 0.6) is 0 Å². The van der Waals surface area contributed by atoms with Crippen LogP contribution in [0.1, 0.15) is 11.1 Å². The molecule has 3 rings (SSSR count). The van der Waals surface area contributed by atoms with Gasteiger partial charge in [0.25, 0.3) is 5.56 Å². The smallest absolute Gasteiger partial charge is 0.280 e. The fraction of sp³-hybridized carbons (Fsp3) is 0.176. The molecule has 3 aromatic rings. The molecule has 0 aliphatic heterocycles. The topological polar surface area (TPSA) is 52.0 Å². The number of halogens is 5. The predicted octanol–water partition coefficient (Wildman–Crippen LogP) is 3.48. The van der Waals surface area contributed by atoms with Gasteiger partial charge in [-0.2, -0.15) is 13.2 Å². The number of alkyl halides is 3. The van der Waals surface area contributed by atoms with Gasteiger partial charge in [0.1, 0.15) is 11.6 Å². The Bertz CT molecular complexity index is 1100. The summed E-state index contributed by atoms with van der Waals surface area (Å²) in [7, 11) is -1.90. The zero-order valence-corrected chi connectivity index (χ0v) is 14.5. The van der Waals surface area contributed by atoms with Crippen LogP contribution in [0.4, 0.5) is 22.0 Å². The Hall–Kier alpha value is -2.62. The van der Waals surface area contributed by atoms with E-state index in [1.165, 1.54) is 6.07 Å². The van der Waals surface area contributed by atoms with Crippen molar-refractivity contribution < 1.29 is 26.2 Å². The predicted molar refractivity (Wildman–Crippen MR) is 88.8 cm³/mol. The number of fused-ring (bicyclic) bond motifs is 1. The van der Waals surface area contributed by atoms with Gasteiger partial charge < -0.3 is 0 Å². The number of nitrogens with zero attached hydrogens (tertiary/aromatic N) is 2. The summed E-state index contributed by atoms with van der Waals surface area (Å²) in [5.41, 5.74) is -3.25. The number of rotatable bonds is 3. The van der Waals surface area contributed by atoms with Gasteiger partial charge in [0.05, 0.1) is 33.8 Å². The normalized spacial score (nSPS) is 13.1. The SMILES string of the molecule is CS(=O)c1nc2cccc(C(F)(F)F)c2c(=O)n1Cc1c(F)cccc1F. The molecule has 142 valence electrons. The van der Waals surface area contributed by atoms with Gasteiger partial charge in [-0.1, -0.05) is 12.1 Å². The van der Waals surface area contributed by atoms with Crippen LogP contribution < -0.4 is 5.56 Å². The molecule has 10 heteroatoms. The first-order chi connectivity index (χ1) is 12.6. The molecule has 27 heavy (non-hydrogen) atoms. The molecule has 2 aromatic carbocycles. The molecule has 0 aliphatic rings. The molecule has 1 aromatic heterocycles. The summed E-state index contributed by atoms with van der Waals surface area (Å²) in [5.74, 6) is -1.97. The van der Waals surface area contributed by atoms with Gasteiger partial charge in [-0.3, -0.25) is 13.6 Å². The minimum atomic E-state index is -4.84. The zero-order valence-electron chi connectivity index (χ0n) is 13.7. The van der Waals surface area contributed by atoms with E-state index in [2.05, 4.69) is 4.98 Å². The maximum absolute atomic E-state index is 14.0. The van der Waals surface area contributed by atoms with Gasteiger partial charge in [-0.05, 0) is 24.3 Å². The summed E-state index contributed by atoms with van der Waals surface area (Å²) in [5, 5.41) is -1.13. The second-order valence-electron chi connectivity index (χ2n) is 5.64. The lowest BCUT2D eigenvalue weighted by molar-refractivity contribution is -0.136. The second kappa shape index (κ2) is 6.84. The Morgan fingerprint density at radius 3 is 2.22 bits per heavy atom. The van der Waals surface area contributed by atoms with E-state index >= 15 is 0 Å². The van der Waals surface area contributed by atoms with E-state index in [0.29, 0.717) is 10.6 Å². The van der Waals surface area contributed by atoms with Crippen molar-refractivity contribution in [1.82, 2.24) is 9.55 Å². The molecule has 0 saturated carbocycles. The highest BCUT2D eigenvalue weighted by Crippen LogP contribution is 2.33. The van der Waals surface area contributed by atoms with Crippen LogP contribution in [0, 0.1) is 11.6 Å². The summed E-state index contributed by atoms with van der Waals surface area (Å²) in [6.45, 7) is -0.749. The van der Waals surface area contributed by atoms with Gasteiger partial charge in [0.15, 0.2) is 0 Å². The zero-order chi connectivity index (χ0) is 19.9. The summed E-state index contributed by atoms with van der Waals surface area (Å²) in [4.78, 5) is 16.7. The first-order valence-corrected chi connectivity index (χ1v) is 9.04. The van der Waals surface area contributed by atoms with Crippen LogP contribution in [0.15, 0.2) is 46.3 Å². The van der Waals surface area contributed by atoms with E-state index in [-0.39, 0.29) is 10.7 Å². The number of benzene rings is 2. The fourth-order valence-electron chi connectivity index (χ4n) is 2.68. The van der Waals surface area contributed by atoms with Gasteiger partial charge in [-0.15, -0.1) is 0 Å². The number of hydrogen-bond acceptors (Lipinski definition) is 3. The van der Waals surface area contributed by atoms with Crippen LogP contribution in [-0.4, -0.2) is 20.0 Å². The molecule has 0 saturated heterocycles. The van der Waals surface area contributed by atoms with E-state index < -0.39 is 57.2 Å². The third-order valence-corrected chi connectivity index (χ3v) is 4.71. The summed E-state index contributed by atoms with van der Waals surface area (Å²) in [6, 6.07) is 5.96. The van der Waals surface area contributed by atoms with Crippen LogP contribution in [0.3, 0.4) is 0 Å². The number of aromatic nitrogens is 2. The lowest BCUT2D eigenvalue weighted by Crippen LogP contribution is -2.28. The molecule has 0 radical (unpaired) electrons. The second-order valence-corrected chi connectivity index (χ2v) is 6.91. The Morgan fingerprint density at radius 1 is 1.07 bits per heavy atom. The van der Waals surface area contributed by atoms with Gasteiger partial charge in [0, 0.05) is 11.8 Å². The third-order valence-electron chi connectivity index (χ3n) is 3.89. The lowest BCUT2D eigenvalue weighted by Gasteiger charge is -2.15. The fourth-order valence-corrected chi connectivity index (χ4v) is 3.36. The molecular formula is C17H11F5N2O2S. The Labute approximate surface area is 151 Å². The highest BCUT2D eigenvalue weighted by atomic mass is 32.2. The van der Waals surface area contributed by atoms with Crippen LogP contribution >= 0.6 is 0 Å². The standard InChI is InChI=1S/C17H11F5N2O2S/c1-27(26)16-23-13-7-2-4-10(17(20,21)22)14(13)15(25)24(16)8-9-11(18)5-3-6-12(9)19/h2-7H,8H2,1H3. The average molecular weight is 402 g/mol. The molecule has 0 aliphatic carbocycles. The molecule has 1 atom stereocenters. The monoisotopic (exact) mass is 402 g/mol. The van der Waals surface area contributed by atoms with Crippen LogP contribution in [-0.2, 0) is 23.5 Å². The molecular weight excluding hydrogens is 391 g/mol. The van der Waals surface area contributed by atoms with Gasteiger partial charge >= 0.3 is 6.18 Å². The summed E-state index contributed by atoms with van der Waals surface area (Å²) >= 11 is 0. The first kappa shape index (κ1) is 19.2. The summed E-state index contributed by atoms with van der Waals surface area (Å²) in [6.07, 6.45) is -3.68. The third kappa shape index (κ3) is 3.48. The van der Waals surface area contributed by atoms with E-state index in [9.17, 15) is 31.0 Å². The number of hydrogen-bond donors (Lipinski definition) is 0. The van der Waals surface area contributed by atoms with Crippen molar-refractivity contribution in [3.8, 4) is 0 Å². The molecule has 0 bridgehead atoms. The van der Waals surface area contributed by atoms with E-state index in [1.54, 1.807) is 0 Å². The molecule has 4 nitrogen and oxygen atoms in total. The average Bonchev–Trinajstić information content (AvgIpc) is 2.58. The first-order valence-electron chi connectivity index (χ1n) is 7.48. The minimum Gasteiger partial charge on any atom is -0.280 e. The molecule has 1 heterocycles. The maximum Gasteiger partial charge on any atom is 0.417 e. The van der Waals surface area contributed by atoms with Crippen molar-refractivity contribution in [3.05, 3.63) is 69.5 Å². The Morgan fingerprint density at radius 2 is 1.67 bits per heavy atom. The lowest BCUT2D eigenvalue weighted by atomic mass is 10.1. The van der Waals surface area contributed by atoms with E-state index in [0.717, 1.165) is 30.5 Å².